The average molecular weight is 415 g/mol. The molecule has 0 aliphatic heterocycles. The fraction of sp³-hybridized carbons (Fsp3) is 0.227. The zero-order valence-electron chi connectivity index (χ0n) is 14.5. The van der Waals surface area contributed by atoms with Gasteiger partial charge in [0.05, 0.1) is 0 Å². The molecular formula is C22H21BrClN. The molecule has 0 N–H and O–H groups in total. The van der Waals surface area contributed by atoms with Crippen LogP contribution in [0.15, 0.2) is 65.3 Å². The molecule has 1 aromatic heterocycles. The fourth-order valence-electron chi connectivity index (χ4n) is 3.30. The van der Waals surface area contributed by atoms with Crippen molar-refractivity contribution >= 4 is 27.5 Å². The van der Waals surface area contributed by atoms with Crippen LogP contribution in [0.5, 0.6) is 0 Å². The van der Waals surface area contributed by atoms with Crippen molar-refractivity contribution < 1.29 is 0 Å². The van der Waals surface area contributed by atoms with Crippen LogP contribution in [0.2, 0.25) is 5.02 Å². The molecule has 0 aliphatic carbocycles. The Balaban J connectivity index is 1.92. The Labute approximate surface area is 163 Å². The van der Waals surface area contributed by atoms with Crippen molar-refractivity contribution in [1.82, 2.24) is 4.98 Å². The maximum Gasteiger partial charge on any atom is 0.0408 e. The van der Waals surface area contributed by atoms with E-state index in [0.29, 0.717) is 5.92 Å². The monoisotopic (exact) mass is 413 g/mol. The second-order valence-electron chi connectivity index (χ2n) is 6.45. The molecule has 1 nitrogen and oxygen atoms in total. The zero-order chi connectivity index (χ0) is 17.8. The second kappa shape index (κ2) is 8.16. The lowest BCUT2D eigenvalue weighted by atomic mass is 9.84. The van der Waals surface area contributed by atoms with Crippen molar-refractivity contribution in [3.05, 3.63) is 98.2 Å². The molecule has 3 heteroatoms. The van der Waals surface area contributed by atoms with Crippen molar-refractivity contribution in [2.24, 2.45) is 0 Å². The number of pyridine rings is 1. The molecule has 3 aromatic rings. The third-order valence-electron chi connectivity index (χ3n) is 4.56. The first-order chi connectivity index (χ1) is 12.0. The number of nitrogens with zero attached hydrogens (tertiary/aromatic N) is 1. The van der Waals surface area contributed by atoms with Crippen LogP contribution in [-0.2, 0) is 6.42 Å². The quantitative estimate of drug-likeness (QED) is 0.443. The first-order valence-corrected chi connectivity index (χ1v) is 9.63. The minimum atomic E-state index is 0.346. The molecular weight excluding hydrogens is 394 g/mol. The van der Waals surface area contributed by atoms with E-state index in [1.54, 1.807) is 0 Å². The fourth-order valence-corrected chi connectivity index (χ4v) is 3.79. The van der Waals surface area contributed by atoms with Gasteiger partial charge in [0, 0.05) is 27.3 Å². The summed E-state index contributed by atoms with van der Waals surface area (Å²) in [5.74, 6) is 0.346. The van der Waals surface area contributed by atoms with Gasteiger partial charge in [-0.15, -0.1) is 0 Å². The highest BCUT2D eigenvalue weighted by Gasteiger charge is 2.17. The highest BCUT2D eigenvalue weighted by atomic mass is 79.9. The van der Waals surface area contributed by atoms with E-state index in [-0.39, 0.29) is 0 Å². The van der Waals surface area contributed by atoms with Crippen LogP contribution >= 0.6 is 27.5 Å². The summed E-state index contributed by atoms with van der Waals surface area (Å²) in [5, 5.41) is 0.792. The normalized spacial score (nSPS) is 12.2. The number of halogens is 2. The van der Waals surface area contributed by atoms with Crippen molar-refractivity contribution in [2.45, 2.75) is 32.6 Å². The number of aryl methyl sites for hydroxylation is 3. The number of hydrogen-bond donors (Lipinski definition) is 0. The maximum atomic E-state index is 6.17. The number of aromatic nitrogens is 1. The van der Waals surface area contributed by atoms with Gasteiger partial charge >= 0.3 is 0 Å². The van der Waals surface area contributed by atoms with Crippen LogP contribution in [0.4, 0.5) is 0 Å². The Bertz CT molecular complexity index is 858. The summed E-state index contributed by atoms with van der Waals surface area (Å²) in [6.45, 7) is 4.18. The van der Waals surface area contributed by atoms with Crippen molar-refractivity contribution in [2.75, 3.05) is 0 Å². The molecule has 0 fully saturated rings. The molecule has 0 spiro atoms. The Hall–Kier alpha value is -1.64. The lowest BCUT2D eigenvalue weighted by molar-refractivity contribution is 0.710. The smallest absolute Gasteiger partial charge is 0.0408 e. The zero-order valence-corrected chi connectivity index (χ0v) is 16.8. The second-order valence-corrected chi connectivity index (χ2v) is 7.80. The van der Waals surface area contributed by atoms with Gasteiger partial charge in [0.2, 0.25) is 0 Å². The van der Waals surface area contributed by atoms with Gasteiger partial charge in [-0.25, -0.2) is 0 Å². The molecule has 0 bridgehead atoms. The van der Waals surface area contributed by atoms with Gasteiger partial charge in [-0.05, 0) is 85.3 Å². The molecule has 0 saturated carbocycles. The summed E-state index contributed by atoms with van der Waals surface area (Å²) in [6.07, 6.45) is 3.96. The molecule has 1 unspecified atom stereocenters. The highest BCUT2D eigenvalue weighted by Crippen LogP contribution is 2.33. The van der Waals surface area contributed by atoms with Gasteiger partial charge in [0.1, 0.15) is 0 Å². The molecule has 3 rings (SSSR count). The summed E-state index contributed by atoms with van der Waals surface area (Å²) in [7, 11) is 0. The van der Waals surface area contributed by atoms with Gasteiger partial charge in [0.15, 0.2) is 0 Å². The highest BCUT2D eigenvalue weighted by molar-refractivity contribution is 9.10. The van der Waals surface area contributed by atoms with Gasteiger partial charge in [-0.3, -0.25) is 4.98 Å². The van der Waals surface area contributed by atoms with E-state index in [1.807, 2.05) is 19.2 Å². The Kier molecular flexibility index (Phi) is 5.93. The molecule has 1 heterocycles. The molecule has 25 heavy (non-hydrogen) atoms. The lowest BCUT2D eigenvalue weighted by Crippen LogP contribution is -2.05. The first kappa shape index (κ1) is 18.2. The van der Waals surface area contributed by atoms with Crippen molar-refractivity contribution in [1.29, 1.82) is 0 Å². The largest absolute Gasteiger partial charge is 0.262 e. The van der Waals surface area contributed by atoms with Crippen LogP contribution in [0.1, 0.15) is 40.3 Å². The Morgan fingerprint density at radius 1 is 1.00 bits per heavy atom. The minimum Gasteiger partial charge on any atom is -0.262 e. The number of rotatable bonds is 5. The van der Waals surface area contributed by atoms with Gasteiger partial charge in [-0.1, -0.05) is 45.7 Å². The summed E-state index contributed by atoms with van der Waals surface area (Å²) in [5.41, 5.74) is 6.32. The lowest BCUT2D eigenvalue weighted by Gasteiger charge is -2.21. The molecule has 1 atom stereocenters. The molecule has 0 radical (unpaired) electrons. The number of hydrogen-bond acceptors (Lipinski definition) is 1. The topological polar surface area (TPSA) is 12.9 Å². The molecule has 0 aliphatic rings. The van der Waals surface area contributed by atoms with E-state index in [1.165, 1.54) is 22.3 Å². The summed E-state index contributed by atoms with van der Waals surface area (Å²) < 4.78 is 1.10. The third kappa shape index (κ3) is 4.71. The van der Waals surface area contributed by atoms with E-state index in [2.05, 4.69) is 76.4 Å². The Morgan fingerprint density at radius 2 is 1.76 bits per heavy atom. The van der Waals surface area contributed by atoms with E-state index < -0.39 is 0 Å². The van der Waals surface area contributed by atoms with Crippen molar-refractivity contribution in [3.63, 3.8) is 0 Å². The van der Waals surface area contributed by atoms with Crippen LogP contribution in [0, 0.1) is 13.8 Å². The standard InChI is InChI=1S/C22H21BrClN/c1-15-13-20(24)8-10-21(15)22(18-4-6-19(23)7-5-18)9-3-17-11-12-25-16(2)14-17/h4-8,10-14,22H,3,9H2,1-2H3. The predicted molar refractivity (Wildman–Crippen MR) is 109 cm³/mol. The van der Waals surface area contributed by atoms with E-state index in [0.717, 1.165) is 28.0 Å². The molecule has 0 amide bonds. The van der Waals surface area contributed by atoms with Gasteiger partial charge in [0.25, 0.3) is 0 Å². The molecule has 2 aromatic carbocycles. The van der Waals surface area contributed by atoms with Crippen LogP contribution in [0.25, 0.3) is 0 Å². The first-order valence-electron chi connectivity index (χ1n) is 8.46. The number of benzene rings is 2. The molecule has 128 valence electrons. The van der Waals surface area contributed by atoms with E-state index in [4.69, 9.17) is 11.6 Å². The van der Waals surface area contributed by atoms with Crippen LogP contribution in [0.3, 0.4) is 0 Å². The van der Waals surface area contributed by atoms with Crippen LogP contribution in [-0.4, -0.2) is 4.98 Å². The predicted octanol–water partition coefficient (Wildman–Crippen LogP) is 6.88. The summed E-state index contributed by atoms with van der Waals surface area (Å²) in [6, 6.07) is 19.1. The van der Waals surface area contributed by atoms with E-state index in [9.17, 15) is 0 Å². The SMILES string of the molecule is Cc1cc(CCC(c2ccc(Br)cc2)c2ccc(Cl)cc2C)ccn1. The van der Waals surface area contributed by atoms with Crippen molar-refractivity contribution in [3.8, 4) is 0 Å². The van der Waals surface area contributed by atoms with Gasteiger partial charge in [-0.2, -0.15) is 0 Å². The van der Waals surface area contributed by atoms with Gasteiger partial charge < -0.3 is 0 Å². The third-order valence-corrected chi connectivity index (χ3v) is 5.33. The summed E-state index contributed by atoms with van der Waals surface area (Å²) >= 11 is 9.70. The average Bonchev–Trinajstić information content (AvgIpc) is 2.58. The molecule has 0 saturated heterocycles. The Morgan fingerprint density at radius 3 is 2.44 bits per heavy atom. The minimum absolute atomic E-state index is 0.346. The van der Waals surface area contributed by atoms with Crippen LogP contribution < -0.4 is 0 Å². The van der Waals surface area contributed by atoms with E-state index >= 15 is 0 Å². The maximum absolute atomic E-state index is 6.17. The summed E-state index contributed by atoms with van der Waals surface area (Å²) in [4.78, 5) is 4.30.